The van der Waals surface area contributed by atoms with Crippen LogP contribution >= 0.6 is 0 Å². The van der Waals surface area contributed by atoms with Gasteiger partial charge in [-0.05, 0) is 32.7 Å². The summed E-state index contributed by atoms with van der Waals surface area (Å²) in [4.78, 5) is 2.36. The van der Waals surface area contributed by atoms with Gasteiger partial charge in [-0.2, -0.15) is 0 Å². The van der Waals surface area contributed by atoms with E-state index in [1.54, 1.807) is 7.11 Å². The van der Waals surface area contributed by atoms with Crippen LogP contribution in [0, 0.1) is 0 Å². The molecule has 78 valence electrons. The Morgan fingerprint density at radius 2 is 2.31 bits per heavy atom. The van der Waals surface area contributed by atoms with Gasteiger partial charge < -0.3 is 4.74 Å². The molecular weight excluding hydrogens is 169 g/mol. The fourth-order valence-corrected chi connectivity index (χ4v) is 2.19. The first-order valence-electron chi connectivity index (χ1n) is 5.03. The van der Waals surface area contributed by atoms with Gasteiger partial charge in [-0.25, -0.2) is 0 Å². The Balaban J connectivity index is 2.42. The Bertz CT molecular complexity index is 154. The van der Waals surface area contributed by atoms with Gasteiger partial charge in [-0.15, -0.1) is 0 Å². The van der Waals surface area contributed by atoms with Gasteiger partial charge in [0.2, 0.25) is 0 Å². The topological polar surface area (TPSA) is 12.5 Å². The molecule has 0 radical (unpaired) electrons. The standard InChI is InChI=1S/C10H20FNO/c1-10(9-13-2)5-3-7-12(10)8-4-6-11/h3-9H2,1-2H3. The Hall–Kier alpha value is -0.150. The molecule has 0 spiro atoms. The first-order valence-corrected chi connectivity index (χ1v) is 5.03. The fourth-order valence-electron chi connectivity index (χ4n) is 2.19. The second-order valence-electron chi connectivity index (χ2n) is 4.06. The van der Waals surface area contributed by atoms with E-state index in [2.05, 4.69) is 11.8 Å². The molecule has 0 aromatic carbocycles. The van der Waals surface area contributed by atoms with Crippen molar-refractivity contribution in [2.24, 2.45) is 0 Å². The second kappa shape index (κ2) is 4.91. The van der Waals surface area contributed by atoms with Gasteiger partial charge in [0.1, 0.15) is 0 Å². The van der Waals surface area contributed by atoms with E-state index in [1.165, 1.54) is 12.8 Å². The number of methoxy groups -OCH3 is 1. The van der Waals surface area contributed by atoms with Crippen LogP contribution in [0.5, 0.6) is 0 Å². The minimum absolute atomic E-state index is 0.157. The Morgan fingerprint density at radius 1 is 1.54 bits per heavy atom. The van der Waals surface area contributed by atoms with Gasteiger partial charge in [0.25, 0.3) is 0 Å². The van der Waals surface area contributed by atoms with Crippen molar-refractivity contribution in [2.75, 3.05) is 33.5 Å². The smallest absolute Gasteiger partial charge is 0.0906 e. The maximum atomic E-state index is 12.0. The number of hydrogen-bond acceptors (Lipinski definition) is 2. The molecular formula is C10H20FNO. The Kier molecular flexibility index (Phi) is 4.13. The third-order valence-electron chi connectivity index (χ3n) is 2.92. The van der Waals surface area contributed by atoms with Crippen molar-refractivity contribution < 1.29 is 9.13 Å². The zero-order valence-corrected chi connectivity index (χ0v) is 8.68. The Labute approximate surface area is 80.1 Å². The maximum Gasteiger partial charge on any atom is 0.0906 e. The van der Waals surface area contributed by atoms with Crippen molar-refractivity contribution in [1.29, 1.82) is 0 Å². The van der Waals surface area contributed by atoms with Crippen molar-refractivity contribution in [3.05, 3.63) is 0 Å². The highest BCUT2D eigenvalue weighted by Crippen LogP contribution is 2.28. The third kappa shape index (κ3) is 2.64. The fraction of sp³-hybridized carbons (Fsp3) is 1.00. The predicted octanol–water partition coefficient (Wildman–Crippen LogP) is 1.85. The van der Waals surface area contributed by atoms with Gasteiger partial charge in [-0.3, -0.25) is 9.29 Å². The molecule has 1 aliphatic heterocycles. The highest BCUT2D eigenvalue weighted by atomic mass is 19.1. The third-order valence-corrected chi connectivity index (χ3v) is 2.92. The predicted molar refractivity (Wildman–Crippen MR) is 51.7 cm³/mol. The van der Waals surface area contributed by atoms with Crippen LogP contribution in [0.4, 0.5) is 4.39 Å². The lowest BCUT2D eigenvalue weighted by Crippen LogP contribution is -2.45. The lowest BCUT2D eigenvalue weighted by molar-refractivity contribution is 0.0489. The van der Waals surface area contributed by atoms with E-state index in [0.29, 0.717) is 6.42 Å². The van der Waals surface area contributed by atoms with E-state index in [0.717, 1.165) is 19.7 Å². The summed E-state index contributed by atoms with van der Waals surface area (Å²) in [5.41, 5.74) is 0.157. The van der Waals surface area contributed by atoms with Gasteiger partial charge in [0, 0.05) is 19.2 Å². The molecule has 0 aromatic rings. The molecule has 0 N–H and O–H groups in total. The summed E-state index contributed by atoms with van der Waals surface area (Å²) < 4.78 is 17.2. The zero-order chi connectivity index (χ0) is 9.73. The molecule has 1 aliphatic rings. The molecule has 0 aromatic heterocycles. The first-order chi connectivity index (χ1) is 6.23. The summed E-state index contributed by atoms with van der Waals surface area (Å²) in [6.45, 7) is 4.73. The average molecular weight is 189 g/mol. The largest absolute Gasteiger partial charge is 0.383 e. The number of hydrogen-bond donors (Lipinski definition) is 0. The number of rotatable bonds is 5. The van der Waals surface area contributed by atoms with Crippen LogP contribution in [0.15, 0.2) is 0 Å². The molecule has 1 rings (SSSR count). The van der Waals surface area contributed by atoms with E-state index in [4.69, 9.17) is 4.74 Å². The van der Waals surface area contributed by atoms with Crippen molar-refractivity contribution in [2.45, 2.75) is 31.7 Å². The van der Waals surface area contributed by atoms with E-state index in [-0.39, 0.29) is 12.2 Å². The van der Waals surface area contributed by atoms with Gasteiger partial charge >= 0.3 is 0 Å². The van der Waals surface area contributed by atoms with Crippen LogP contribution in [-0.4, -0.2) is 43.9 Å². The summed E-state index contributed by atoms with van der Waals surface area (Å²) in [7, 11) is 1.73. The van der Waals surface area contributed by atoms with E-state index in [9.17, 15) is 4.39 Å². The number of ether oxygens (including phenoxy) is 1. The molecule has 2 nitrogen and oxygen atoms in total. The number of halogens is 1. The summed E-state index contributed by atoms with van der Waals surface area (Å²) in [5, 5.41) is 0. The monoisotopic (exact) mass is 189 g/mol. The average Bonchev–Trinajstić information content (AvgIpc) is 2.44. The normalized spacial score (nSPS) is 29.8. The molecule has 0 saturated carbocycles. The van der Waals surface area contributed by atoms with E-state index >= 15 is 0 Å². The molecule has 0 aliphatic carbocycles. The van der Waals surface area contributed by atoms with Crippen LogP contribution in [-0.2, 0) is 4.74 Å². The summed E-state index contributed by atoms with van der Waals surface area (Å²) >= 11 is 0. The molecule has 1 unspecified atom stereocenters. The van der Waals surface area contributed by atoms with Crippen LogP contribution in [0.2, 0.25) is 0 Å². The number of alkyl halides is 1. The first kappa shape index (κ1) is 10.9. The maximum absolute atomic E-state index is 12.0. The number of likely N-dealkylation sites (tertiary alicyclic amines) is 1. The molecule has 1 fully saturated rings. The van der Waals surface area contributed by atoms with Crippen LogP contribution in [0.25, 0.3) is 0 Å². The SMILES string of the molecule is COCC1(C)CCCN1CCCF. The van der Waals surface area contributed by atoms with Gasteiger partial charge in [0.05, 0.1) is 13.3 Å². The number of nitrogens with zero attached hydrogens (tertiary/aromatic N) is 1. The lowest BCUT2D eigenvalue weighted by atomic mass is 10.0. The van der Waals surface area contributed by atoms with Crippen LogP contribution < -0.4 is 0 Å². The Morgan fingerprint density at radius 3 is 2.92 bits per heavy atom. The van der Waals surface area contributed by atoms with E-state index < -0.39 is 0 Å². The quantitative estimate of drug-likeness (QED) is 0.654. The zero-order valence-electron chi connectivity index (χ0n) is 8.68. The minimum Gasteiger partial charge on any atom is -0.383 e. The molecule has 1 heterocycles. The van der Waals surface area contributed by atoms with Crippen molar-refractivity contribution in [3.63, 3.8) is 0 Å². The molecule has 0 amide bonds. The van der Waals surface area contributed by atoms with E-state index in [1.807, 2.05) is 0 Å². The lowest BCUT2D eigenvalue weighted by Gasteiger charge is -2.34. The molecule has 0 bridgehead atoms. The molecule has 1 saturated heterocycles. The minimum atomic E-state index is -0.209. The van der Waals surface area contributed by atoms with Gasteiger partial charge in [-0.1, -0.05) is 0 Å². The van der Waals surface area contributed by atoms with Gasteiger partial charge in [0.15, 0.2) is 0 Å². The molecule has 3 heteroatoms. The van der Waals surface area contributed by atoms with Crippen LogP contribution in [0.3, 0.4) is 0 Å². The summed E-state index contributed by atoms with van der Waals surface area (Å²) in [5.74, 6) is 0. The van der Waals surface area contributed by atoms with Crippen LogP contribution in [0.1, 0.15) is 26.2 Å². The molecule has 13 heavy (non-hydrogen) atoms. The summed E-state index contributed by atoms with van der Waals surface area (Å²) in [6.07, 6.45) is 3.04. The molecule has 1 atom stereocenters. The van der Waals surface area contributed by atoms with Crippen molar-refractivity contribution >= 4 is 0 Å². The highest BCUT2D eigenvalue weighted by molar-refractivity contribution is 4.91. The van der Waals surface area contributed by atoms with Crippen molar-refractivity contribution in [1.82, 2.24) is 4.90 Å². The van der Waals surface area contributed by atoms with Crippen molar-refractivity contribution in [3.8, 4) is 0 Å². The summed E-state index contributed by atoms with van der Waals surface area (Å²) in [6, 6.07) is 0. The second-order valence-corrected chi connectivity index (χ2v) is 4.06. The highest BCUT2D eigenvalue weighted by Gasteiger charge is 2.35.